The maximum Gasteiger partial charge on any atom is 0.416 e. The lowest BCUT2D eigenvalue weighted by Gasteiger charge is -2.27. The number of thioether (sulfide) groups is 1. The largest absolute Gasteiger partial charge is 0.506 e. The first-order valence-electron chi connectivity index (χ1n) is 11.0. The summed E-state index contributed by atoms with van der Waals surface area (Å²) in [5, 5.41) is 13.0. The topological polar surface area (TPSA) is 97.6 Å². The molecule has 2 N–H and O–H groups in total. The third kappa shape index (κ3) is 5.06. The summed E-state index contributed by atoms with van der Waals surface area (Å²) < 4.78 is 45.4. The van der Waals surface area contributed by atoms with Crippen LogP contribution in [-0.2, 0) is 22.3 Å². The Morgan fingerprint density at radius 3 is 2.42 bits per heavy atom. The lowest BCUT2D eigenvalue weighted by Crippen LogP contribution is -2.38. The van der Waals surface area contributed by atoms with Crippen molar-refractivity contribution in [1.82, 2.24) is 9.88 Å². The SMILES string of the molecule is CC(C)(C)OC(=O)CNC(=O)c1c(O)c2cccc3c2n(c1=O)CC(c1ccc(C(F)(F)F)cc1)S3. The number of para-hydroxylation sites is 1. The average Bonchev–Trinajstić information content (AvgIpc) is 2.79. The number of nitrogens with one attached hydrogen (secondary N) is 1. The molecule has 36 heavy (non-hydrogen) atoms. The number of pyridine rings is 1. The van der Waals surface area contributed by atoms with E-state index < -0.39 is 57.9 Å². The zero-order chi connectivity index (χ0) is 26.4. The van der Waals surface area contributed by atoms with Crippen LogP contribution in [0.25, 0.3) is 10.9 Å². The van der Waals surface area contributed by atoms with Gasteiger partial charge < -0.3 is 19.7 Å². The molecule has 0 bridgehead atoms. The van der Waals surface area contributed by atoms with E-state index in [1.165, 1.54) is 28.5 Å². The van der Waals surface area contributed by atoms with Crippen molar-refractivity contribution >= 4 is 34.5 Å². The van der Waals surface area contributed by atoms with Crippen LogP contribution in [0.5, 0.6) is 5.75 Å². The average molecular weight is 521 g/mol. The highest BCUT2D eigenvalue weighted by Gasteiger charge is 2.32. The third-order valence-corrected chi connectivity index (χ3v) is 6.78. The van der Waals surface area contributed by atoms with Gasteiger partial charge in [0, 0.05) is 16.8 Å². The van der Waals surface area contributed by atoms with Crippen molar-refractivity contribution in [2.45, 2.75) is 49.2 Å². The van der Waals surface area contributed by atoms with Crippen molar-refractivity contribution in [3.05, 3.63) is 69.5 Å². The van der Waals surface area contributed by atoms with E-state index in [1.54, 1.807) is 39.0 Å². The summed E-state index contributed by atoms with van der Waals surface area (Å²) in [5.41, 5.74) is -1.84. The second-order valence-corrected chi connectivity index (χ2v) is 10.5. The number of halogens is 3. The molecule has 7 nitrogen and oxygen atoms in total. The minimum absolute atomic E-state index is 0.0645. The lowest BCUT2D eigenvalue weighted by atomic mass is 10.1. The Balaban J connectivity index is 1.69. The number of aromatic hydroxyl groups is 1. The van der Waals surface area contributed by atoms with Gasteiger partial charge in [0.15, 0.2) is 0 Å². The molecule has 3 aromatic rings. The van der Waals surface area contributed by atoms with Crippen molar-refractivity contribution in [3.63, 3.8) is 0 Å². The summed E-state index contributed by atoms with van der Waals surface area (Å²) in [6.07, 6.45) is -4.47. The van der Waals surface area contributed by atoms with Crippen LogP contribution in [0.4, 0.5) is 13.2 Å². The fourth-order valence-electron chi connectivity index (χ4n) is 3.97. The number of aromatic nitrogens is 1. The molecule has 0 spiro atoms. The molecule has 1 unspecified atom stereocenters. The summed E-state index contributed by atoms with van der Waals surface area (Å²) in [4.78, 5) is 38.8. The Bertz CT molecular complexity index is 1410. The van der Waals surface area contributed by atoms with Crippen LogP contribution in [0.3, 0.4) is 0 Å². The van der Waals surface area contributed by atoms with Crippen molar-refractivity contribution in [2.75, 3.05) is 6.54 Å². The van der Waals surface area contributed by atoms with Crippen molar-refractivity contribution in [2.24, 2.45) is 0 Å². The van der Waals surface area contributed by atoms with E-state index in [0.717, 1.165) is 12.1 Å². The molecule has 0 fully saturated rings. The molecular weight excluding hydrogens is 497 g/mol. The van der Waals surface area contributed by atoms with E-state index in [1.807, 2.05) is 0 Å². The van der Waals surface area contributed by atoms with Crippen LogP contribution in [0, 0.1) is 0 Å². The van der Waals surface area contributed by atoms with Crippen LogP contribution in [-0.4, -0.2) is 33.7 Å². The minimum Gasteiger partial charge on any atom is -0.506 e. The predicted molar refractivity (Wildman–Crippen MR) is 128 cm³/mol. The number of amides is 1. The van der Waals surface area contributed by atoms with E-state index in [4.69, 9.17) is 4.74 Å². The molecule has 1 aliphatic heterocycles. The third-order valence-electron chi connectivity index (χ3n) is 5.49. The van der Waals surface area contributed by atoms with E-state index in [0.29, 0.717) is 16.0 Å². The van der Waals surface area contributed by atoms with Gasteiger partial charge in [0.05, 0.1) is 16.3 Å². The summed E-state index contributed by atoms with van der Waals surface area (Å²) >= 11 is 1.35. The fourth-order valence-corrected chi connectivity index (χ4v) is 5.29. The van der Waals surface area contributed by atoms with Gasteiger partial charge in [-0.15, -0.1) is 11.8 Å². The Labute approximate surface area is 208 Å². The molecule has 1 atom stereocenters. The Hall–Kier alpha value is -3.47. The minimum atomic E-state index is -4.47. The van der Waals surface area contributed by atoms with Gasteiger partial charge in [0.2, 0.25) is 0 Å². The van der Waals surface area contributed by atoms with Crippen LogP contribution >= 0.6 is 11.8 Å². The second-order valence-electron chi connectivity index (χ2n) is 9.29. The van der Waals surface area contributed by atoms with Gasteiger partial charge in [-0.25, -0.2) is 0 Å². The molecule has 0 saturated carbocycles. The number of hydrogen-bond acceptors (Lipinski definition) is 6. The number of carbonyl (C=O) groups excluding carboxylic acids is 2. The predicted octanol–water partition coefficient (Wildman–Crippen LogP) is 4.64. The van der Waals surface area contributed by atoms with Gasteiger partial charge in [-0.3, -0.25) is 14.4 Å². The van der Waals surface area contributed by atoms with Crippen LogP contribution in [0.2, 0.25) is 0 Å². The summed E-state index contributed by atoms with van der Waals surface area (Å²) in [6, 6.07) is 9.66. The Kier molecular flexibility index (Phi) is 6.54. The maximum atomic E-state index is 13.4. The molecule has 0 aliphatic carbocycles. The first-order chi connectivity index (χ1) is 16.8. The molecule has 1 aliphatic rings. The zero-order valence-corrected chi connectivity index (χ0v) is 20.4. The fraction of sp³-hybridized carbons (Fsp3) is 0.320. The molecule has 2 aromatic carbocycles. The molecular formula is C25H23F3N2O5S. The maximum absolute atomic E-state index is 13.4. The van der Waals surface area contributed by atoms with Gasteiger partial charge in [-0.1, -0.05) is 18.2 Å². The first kappa shape index (κ1) is 25.6. The summed E-state index contributed by atoms with van der Waals surface area (Å²) in [7, 11) is 0. The van der Waals surface area contributed by atoms with E-state index in [2.05, 4.69) is 5.32 Å². The van der Waals surface area contributed by atoms with Crippen molar-refractivity contribution < 1.29 is 32.6 Å². The molecule has 4 rings (SSSR count). The smallest absolute Gasteiger partial charge is 0.416 e. The van der Waals surface area contributed by atoms with E-state index in [-0.39, 0.29) is 11.9 Å². The molecule has 1 aromatic heterocycles. The number of rotatable bonds is 4. The Morgan fingerprint density at radius 2 is 1.81 bits per heavy atom. The number of hydrogen-bond donors (Lipinski definition) is 2. The highest BCUT2D eigenvalue weighted by atomic mass is 32.2. The van der Waals surface area contributed by atoms with Gasteiger partial charge >= 0.3 is 12.1 Å². The van der Waals surface area contributed by atoms with Crippen molar-refractivity contribution in [3.8, 4) is 5.75 Å². The monoisotopic (exact) mass is 520 g/mol. The van der Waals surface area contributed by atoms with Gasteiger partial charge in [-0.05, 0) is 50.6 Å². The normalized spacial score (nSPS) is 15.6. The van der Waals surface area contributed by atoms with Crippen LogP contribution in [0.15, 0.2) is 52.2 Å². The number of nitrogens with zero attached hydrogens (tertiary/aromatic N) is 1. The van der Waals surface area contributed by atoms with E-state index >= 15 is 0 Å². The molecule has 2 heterocycles. The quantitative estimate of drug-likeness (QED) is 0.487. The number of ether oxygens (including phenoxy) is 1. The van der Waals surface area contributed by atoms with Crippen molar-refractivity contribution in [1.29, 1.82) is 0 Å². The number of esters is 1. The highest BCUT2D eigenvalue weighted by molar-refractivity contribution is 7.99. The molecule has 1 amide bonds. The zero-order valence-electron chi connectivity index (χ0n) is 19.6. The first-order valence-corrected chi connectivity index (χ1v) is 11.9. The lowest BCUT2D eigenvalue weighted by molar-refractivity contribution is -0.153. The highest BCUT2D eigenvalue weighted by Crippen LogP contribution is 2.45. The van der Waals surface area contributed by atoms with Crippen LogP contribution < -0.4 is 10.9 Å². The molecule has 0 radical (unpaired) electrons. The number of alkyl halides is 3. The second kappa shape index (κ2) is 9.20. The number of benzene rings is 2. The molecule has 11 heteroatoms. The summed E-state index contributed by atoms with van der Waals surface area (Å²) in [6.45, 7) is 4.57. The summed E-state index contributed by atoms with van der Waals surface area (Å²) in [5.74, 6) is -2.16. The van der Waals surface area contributed by atoms with E-state index in [9.17, 15) is 32.7 Å². The molecule has 0 saturated heterocycles. The molecule has 190 valence electrons. The standard InChI is InChI=1S/C25H23F3N2O5S/c1-24(2,3)35-18(31)11-29-22(33)19-21(32)15-5-4-6-16-20(15)30(23(19)34)12-17(36-16)13-7-9-14(10-8-13)25(26,27)28/h4-10,17,32H,11-12H2,1-3H3,(H,29,33). The Morgan fingerprint density at radius 1 is 1.14 bits per heavy atom. The van der Waals surface area contributed by atoms with Gasteiger partial charge in [-0.2, -0.15) is 13.2 Å². The number of carbonyl (C=O) groups is 2. The van der Waals surface area contributed by atoms with Gasteiger partial charge in [0.25, 0.3) is 11.5 Å². The van der Waals surface area contributed by atoms with Gasteiger partial charge in [0.1, 0.15) is 23.5 Å². The van der Waals surface area contributed by atoms with Crippen LogP contribution in [0.1, 0.15) is 47.5 Å².